The fourth-order valence-electron chi connectivity index (χ4n) is 3.62. The molecule has 7 nitrogen and oxygen atoms in total. The molecule has 0 unspecified atom stereocenters. The zero-order valence-electron chi connectivity index (χ0n) is 16.8. The summed E-state index contributed by atoms with van der Waals surface area (Å²) in [5, 5.41) is 31.4. The van der Waals surface area contributed by atoms with Crippen LogP contribution in [-0.4, -0.2) is 17.0 Å². The van der Waals surface area contributed by atoms with E-state index in [-0.39, 0.29) is 16.9 Å². The predicted octanol–water partition coefficient (Wildman–Crippen LogP) is 5.00. The highest BCUT2D eigenvalue weighted by Gasteiger charge is 2.23. The maximum atomic E-state index is 12.7. The van der Waals surface area contributed by atoms with Crippen molar-refractivity contribution >= 4 is 34.3 Å². The molecule has 158 valence electrons. The van der Waals surface area contributed by atoms with Crippen LogP contribution in [0.3, 0.4) is 0 Å². The Morgan fingerprint density at radius 3 is 2.72 bits per heavy atom. The molecule has 2 N–H and O–H groups in total. The quantitative estimate of drug-likeness (QED) is 0.422. The number of nitrogens with zero attached hydrogens (tertiary/aromatic N) is 2. The molecule has 2 heterocycles. The minimum atomic E-state index is -1.05. The number of aromatic carboxylic acids is 1. The van der Waals surface area contributed by atoms with Gasteiger partial charge in [-0.1, -0.05) is 12.1 Å². The van der Waals surface area contributed by atoms with Gasteiger partial charge in [-0.25, -0.2) is 4.79 Å². The van der Waals surface area contributed by atoms with Crippen molar-refractivity contribution in [2.45, 2.75) is 25.7 Å². The molecule has 1 aliphatic rings. The Balaban J connectivity index is 1.57. The van der Waals surface area contributed by atoms with Gasteiger partial charge in [-0.05, 0) is 55.5 Å². The Hall–Kier alpha value is -4.14. The van der Waals surface area contributed by atoms with Gasteiger partial charge in [-0.15, -0.1) is 11.3 Å². The molecule has 0 radical (unpaired) electrons. The summed E-state index contributed by atoms with van der Waals surface area (Å²) in [6.45, 7) is 0. The number of anilines is 1. The number of carbonyl (C=O) groups is 2. The first-order valence-electron chi connectivity index (χ1n) is 9.91. The molecule has 4 rings (SSSR count). The minimum absolute atomic E-state index is 0.125. The lowest BCUT2D eigenvalue weighted by atomic mass is 9.96. The molecule has 0 saturated carbocycles. The summed E-state index contributed by atoms with van der Waals surface area (Å²) >= 11 is 1.39. The van der Waals surface area contributed by atoms with Crippen LogP contribution >= 0.6 is 11.3 Å². The van der Waals surface area contributed by atoms with E-state index in [1.807, 2.05) is 6.07 Å². The molecule has 8 heteroatoms. The standard InChI is InChI=1S/C24H17N3O4S/c25-12-16(22(28)27-23-19(13-26)18-6-1-2-7-21(18)32-23)11-17-8-9-20(31-17)14-4-3-5-15(10-14)24(29)30/h3-5,8-11H,1-2,6-7H2,(H,27,28)(H,29,30)/b16-11-. The number of nitrogens with one attached hydrogen (secondary N) is 1. The number of carbonyl (C=O) groups excluding carboxylic acids is 1. The monoisotopic (exact) mass is 443 g/mol. The third-order valence-electron chi connectivity index (χ3n) is 5.18. The van der Waals surface area contributed by atoms with Gasteiger partial charge in [-0.2, -0.15) is 10.5 Å². The van der Waals surface area contributed by atoms with Crippen LogP contribution < -0.4 is 5.32 Å². The highest BCUT2D eigenvalue weighted by Crippen LogP contribution is 2.37. The number of hydrogen-bond donors (Lipinski definition) is 2. The van der Waals surface area contributed by atoms with Gasteiger partial charge in [0.2, 0.25) is 0 Å². The second kappa shape index (κ2) is 8.93. The molecule has 0 atom stereocenters. The number of carboxylic acids is 1. The summed E-state index contributed by atoms with van der Waals surface area (Å²) < 4.78 is 5.70. The van der Waals surface area contributed by atoms with Crippen LogP contribution in [0.4, 0.5) is 5.00 Å². The summed E-state index contributed by atoms with van der Waals surface area (Å²) in [4.78, 5) is 25.0. The SMILES string of the molecule is N#C/C(=C/c1ccc(-c2cccc(C(=O)O)c2)o1)C(=O)Nc1sc2c(c1C#N)CCCC2. The van der Waals surface area contributed by atoms with Gasteiger partial charge >= 0.3 is 5.97 Å². The average Bonchev–Trinajstić information content (AvgIpc) is 3.41. The van der Waals surface area contributed by atoms with Crippen molar-refractivity contribution in [1.82, 2.24) is 0 Å². The number of thiophene rings is 1. The van der Waals surface area contributed by atoms with Crippen molar-refractivity contribution in [2.75, 3.05) is 5.32 Å². The largest absolute Gasteiger partial charge is 0.478 e. The van der Waals surface area contributed by atoms with E-state index in [0.717, 1.165) is 36.1 Å². The Morgan fingerprint density at radius 1 is 1.16 bits per heavy atom. The Kier molecular flexibility index (Phi) is 5.89. The van der Waals surface area contributed by atoms with Crippen molar-refractivity contribution < 1.29 is 19.1 Å². The summed E-state index contributed by atoms with van der Waals surface area (Å²) in [5.41, 5.74) is 2.01. The van der Waals surface area contributed by atoms with Crippen molar-refractivity contribution in [3.05, 3.63) is 69.3 Å². The summed E-state index contributed by atoms with van der Waals surface area (Å²) in [7, 11) is 0. The highest BCUT2D eigenvalue weighted by atomic mass is 32.1. The molecule has 0 aliphatic heterocycles. The second-order valence-electron chi connectivity index (χ2n) is 7.24. The van der Waals surface area contributed by atoms with Crippen LogP contribution in [0.5, 0.6) is 0 Å². The molecular formula is C24H17N3O4S. The van der Waals surface area contributed by atoms with E-state index in [9.17, 15) is 20.1 Å². The van der Waals surface area contributed by atoms with E-state index < -0.39 is 11.9 Å². The topological polar surface area (TPSA) is 127 Å². The van der Waals surface area contributed by atoms with E-state index >= 15 is 0 Å². The van der Waals surface area contributed by atoms with Gasteiger partial charge < -0.3 is 14.8 Å². The molecule has 32 heavy (non-hydrogen) atoms. The molecule has 1 amide bonds. The Labute approximate surface area is 187 Å². The smallest absolute Gasteiger partial charge is 0.335 e. The van der Waals surface area contributed by atoms with Crippen LogP contribution in [0, 0.1) is 22.7 Å². The normalized spacial score (nSPS) is 13.0. The van der Waals surface area contributed by atoms with E-state index in [2.05, 4.69) is 11.4 Å². The maximum Gasteiger partial charge on any atom is 0.335 e. The van der Waals surface area contributed by atoms with Gasteiger partial charge in [0.15, 0.2) is 0 Å². The Bertz CT molecular complexity index is 1330. The Morgan fingerprint density at radius 2 is 1.97 bits per heavy atom. The lowest BCUT2D eigenvalue weighted by Gasteiger charge is -2.09. The number of hydrogen-bond acceptors (Lipinski definition) is 6. The van der Waals surface area contributed by atoms with Gasteiger partial charge in [0.05, 0.1) is 11.1 Å². The zero-order chi connectivity index (χ0) is 22.7. The minimum Gasteiger partial charge on any atom is -0.478 e. The van der Waals surface area contributed by atoms with Crippen LogP contribution in [0.15, 0.2) is 46.4 Å². The molecule has 0 bridgehead atoms. The molecule has 0 fully saturated rings. The van der Waals surface area contributed by atoms with Crippen molar-refractivity contribution in [3.63, 3.8) is 0 Å². The van der Waals surface area contributed by atoms with Crippen LogP contribution in [-0.2, 0) is 17.6 Å². The molecule has 1 aliphatic carbocycles. The number of furan rings is 1. The number of nitriles is 2. The highest BCUT2D eigenvalue weighted by molar-refractivity contribution is 7.16. The molecular weight excluding hydrogens is 426 g/mol. The summed E-state index contributed by atoms with van der Waals surface area (Å²) in [6.07, 6.45) is 5.11. The summed E-state index contributed by atoms with van der Waals surface area (Å²) in [5.74, 6) is -0.976. The van der Waals surface area contributed by atoms with Crippen LogP contribution in [0.25, 0.3) is 17.4 Å². The van der Waals surface area contributed by atoms with Crippen molar-refractivity contribution in [3.8, 4) is 23.5 Å². The second-order valence-corrected chi connectivity index (χ2v) is 8.34. The molecule has 1 aromatic carbocycles. The molecule has 3 aromatic rings. The lowest BCUT2D eigenvalue weighted by Crippen LogP contribution is -2.13. The zero-order valence-corrected chi connectivity index (χ0v) is 17.7. The number of fused-ring (bicyclic) bond motifs is 1. The van der Waals surface area contributed by atoms with Crippen molar-refractivity contribution in [1.29, 1.82) is 10.5 Å². The molecule has 2 aromatic heterocycles. The van der Waals surface area contributed by atoms with E-state index in [1.54, 1.807) is 24.3 Å². The number of carboxylic acid groups (broad SMARTS) is 1. The van der Waals surface area contributed by atoms with Crippen LogP contribution in [0.2, 0.25) is 0 Å². The first kappa shape index (κ1) is 21.1. The van der Waals surface area contributed by atoms with Gasteiger partial charge in [0.1, 0.15) is 34.2 Å². The lowest BCUT2D eigenvalue weighted by molar-refractivity contribution is -0.112. The molecule has 0 spiro atoms. The van der Waals surface area contributed by atoms with Gasteiger partial charge in [0, 0.05) is 16.5 Å². The van der Waals surface area contributed by atoms with Gasteiger partial charge in [-0.3, -0.25) is 4.79 Å². The van der Waals surface area contributed by atoms with E-state index in [4.69, 9.17) is 9.52 Å². The van der Waals surface area contributed by atoms with Crippen LogP contribution in [0.1, 0.15) is 45.0 Å². The maximum absolute atomic E-state index is 12.7. The third-order valence-corrected chi connectivity index (χ3v) is 6.39. The number of rotatable bonds is 5. The first-order valence-corrected chi connectivity index (χ1v) is 10.7. The fraction of sp³-hybridized carbons (Fsp3) is 0.167. The average molecular weight is 443 g/mol. The van der Waals surface area contributed by atoms with E-state index in [1.165, 1.54) is 29.5 Å². The predicted molar refractivity (Wildman–Crippen MR) is 119 cm³/mol. The van der Waals surface area contributed by atoms with Crippen molar-refractivity contribution in [2.24, 2.45) is 0 Å². The fourth-order valence-corrected chi connectivity index (χ4v) is 4.86. The number of aryl methyl sites for hydroxylation is 1. The van der Waals surface area contributed by atoms with Gasteiger partial charge in [0.25, 0.3) is 5.91 Å². The summed E-state index contributed by atoms with van der Waals surface area (Å²) in [6, 6.07) is 13.6. The van der Waals surface area contributed by atoms with E-state index in [0.29, 0.717) is 21.9 Å². The third kappa shape index (κ3) is 4.18. The first-order chi connectivity index (χ1) is 15.5. The molecule has 0 saturated heterocycles. The number of amides is 1. The number of benzene rings is 1.